The van der Waals surface area contributed by atoms with Gasteiger partial charge in [0, 0.05) is 48.1 Å². The molecule has 0 unspecified atom stereocenters. The SMILES string of the molecule is CCN(CCc1ncc(-c2ccc(Cl)cc2F)cn1)C(=O)c1ccccc1-n1nccn1. The molecule has 1 amide bonds. The molecule has 0 aliphatic carbocycles. The first-order valence-electron chi connectivity index (χ1n) is 10.1. The summed E-state index contributed by atoms with van der Waals surface area (Å²) >= 11 is 5.81. The normalized spacial score (nSPS) is 10.8. The first-order chi connectivity index (χ1) is 15.6. The monoisotopic (exact) mass is 450 g/mol. The molecule has 9 heteroatoms. The predicted molar refractivity (Wildman–Crippen MR) is 119 cm³/mol. The van der Waals surface area contributed by atoms with E-state index in [1.807, 2.05) is 19.1 Å². The molecular formula is C23H20ClFN6O. The Hall–Kier alpha value is -3.65. The minimum atomic E-state index is -0.429. The Labute approximate surface area is 189 Å². The minimum Gasteiger partial charge on any atom is -0.338 e. The van der Waals surface area contributed by atoms with Crippen LogP contribution < -0.4 is 0 Å². The third-order valence-electron chi connectivity index (χ3n) is 4.99. The predicted octanol–water partition coefficient (Wildman–Crippen LogP) is 4.22. The van der Waals surface area contributed by atoms with E-state index in [0.29, 0.717) is 52.7 Å². The maximum atomic E-state index is 14.1. The topological polar surface area (TPSA) is 76.8 Å². The fourth-order valence-electron chi connectivity index (χ4n) is 3.32. The molecule has 2 aromatic carbocycles. The van der Waals surface area contributed by atoms with Crippen LogP contribution in [0, 0.1) is 5.82 Å². The van der Waals surface area contributed by atoms with Gasteiger partial charge in [0.15, 0.2) is 0 Å². The van der Waals surface area contributed by atoms with E-state index < -0.39 is 5.82 Å². The summed E-state index contributed by atoms with van der Waals surface area (Å²) in [4.78, 5) is 25.0. The van der Waals surface area contributed by atoms with Crippen LogP contribution in [0.2, 0.25) is 5.02 Å². The van der Waals surface area contributed by atoms with Crippen molar-refractivity contribution in [2.24, 2.45) is 0 Å². The number of hydrogen-bond acceptors (Lipinski definition) is 5. The number of amides is 1. The third kappa shape index (κ3) is 4.65. The summed E-state index contributed by atoms with van der Waals surface area (Å²) in [5, 5.41) is 8.60. The Balaban J connectivity index is 1.47. The summed E-state index contributed by atoms with van der Waals surface area (Å²) in [5.74, 6) is 0.0126. The second kappa shape index (κ2) is 9.65. The molecule has 162 valence electrons. The number of hydrogen-bond donors (Lipinski definition) is 0. The number of halogens is 2. The fourth-order valence-corrected chi connectivity index (χ4v) is 3.48. The van der Waals surface area contributed by atoms with Crippen molar-refractivity contribution in [3.05, 3.63) is 89.5 Å². The van der Waals surface area contributed by atoms with Gasteiger partial charge in [-0.15, -0.1) is 0 Å². The third-order valence-corrected chi connectivity index (χ3v) is 5.23. The maximum Gasteiger partial charge on any atom is 0.256 e. The van der Waals surface area contributed by atoms with Crippen LogP contribution in [0.25, 0.3) is 16.8 Å². The molecule has 0 radical (unpaired) electrons. The smallest absolute Gasteiger partial charge is 0.256 e. The van der Waals surface area contributed by atoms with Crippen molar-refractivity contribution in [3.63, 3.8) is 0 Å². The van der Waals surface area contributed by atoms with Gasteiger partial charge in [-0.1, -0.05) is 23.7 Å². The van der Waals surface area contributed by atoms with Crippen molar-refractivity contribution in [2.45, 2.75) is 13.3 Å². The van der Waals surface area contributed by atoms with E-state index in [2.05, 4.69) is 20.2 Å². The zero-order chi connectivity index (χ0) is 22.5. The van der Waals surface area contributed by atoms with E-state index in [-0.39, 0.29) is 5.91 Å². The summed E-state index contributed by atoms with van der Waals surface area (Å²) in [6.45, 7) is 2.87. The first-order valence-corrected chi connectivity index (χ1v) is 10.5. The van der Waals surface area contributed by atoms with Crippen LogP contribution in [-0.4, -0.2) is 48.9 Å². The van der Waals surface area contributed by atoms with E-state index in [1.165, 1.54) is 10.9 Å². The molecule has 0 saturated heterocycles. The Morgan fingerprint density at radius 2 is 1.81 bits per heavy atom. The molecule has 0 atom stereocenters. The van der Waals surface area contributed by atoms with Crippen LogP contribution in [0.5, 0.6) is 0 Å². The molecule has 0 saturated carbocycles. The number of likely N-dealkylation sites (N-methyl/N-ethyl adjacent to an activating group) is 1. The Morgan fingerprint density at radius 3 is 2.50 bits per heavy atom. The molecule has 0 aliphatic rings. The van der Waals surface area contributed by atoms with Crippen molar-refractivity contribution < 1.29 is 9.18 Å². The van der Waals surface area contributed by atoms with Gasteiger partial charge in [0.05, 0.1) is 23.6 Å². The highest BCUT2D eigenvalue weighted by Crippen LogP contribution is 2.24. The van der Waals surface area contributed by atoms with Crippen molar-refractivity contribution in [1.82, 2.24) is 29.9 Å². The molecule has 7 nitrogen and oxygen atoms in total. The van der Waals surface area contributed by atoms with E-state index in [9.17, 15) is 9.18 Å². The summed E-state index contributed by atoms with van der Waals surface area (Å²) in [6, 6.07) is 11.7. The molecule has 32 heavy (non-hydrogen) atoms. The maximum absolute atomic E-state index is 14.1. The van der Waals surface area contributed by atoms with Gasteiger partial charge in [-0.25, -0.2) is 14.4 Å². The molecule has 0 spiro atoms. The fraction of sp³-hybridized carbons (Fsp3) is 0.174. The quantitative estimate of drug-likeness (QED) is 0.421. The second-order valence-corrected chi connectivity index (χ2v) is 7.42. The summed E-state index contributed by atoms with van der Waals surface area (Å²) < 4.78 is 14.1. The van der Waals surface area contributed by atoms with Crippen LogP contribution in [0.4, 0.5) is 4.39 Å². The van der Waals surface area contributed by atoms with Gasteiger partial charge in [-0.3, -0.25) is 4.79 Å². The molecule has 0 N–H and O–H groups in total. The highest BCUT2D eigenvalue weighted by atomic mass is 35.5. The summed E-state index contributed by atoms with van der Waals surface area (Å²) in [5.41, 5.74) is 2.08. The second-order valence-electron chi connectivity index (χ2n) is 6.98. The summed E-state index contributed by atoms with van der Waals surface area (Å²) in [6.07, 6.45) is 6.74. The lowest BCUT2D eigenvalue weighted by molar-refractivity contribution is 0.0765. The average molecular weight is 451 g/mol. The molecular weight excluding hydrogens is 431 g/mol. The van der Waals surface area contributed by atoms with Gasteiger partial charge >= 0.3 is 0 Å². The van der Waals surface area contributed by atoms with Gasteiger partial charge in [0.25, 0.3) is 5.91 Å². The Bertz CT molecular complexity index is 1210. The summed E-state index contributed by atoms with van der Waals surface area (Å²) in [7, 11) is 0. The van der Waals surface area contributed by atoms with E-state index in [1.54, 1.807) is 54.0 Å². The lowest BCUT2D eigenvalue weighted by Gasteiger charge is -2.21. The van der Waals surface area contributed by atoms with Crippen LogP contribution in [0.15, 0.2) is 67.3 Å². The van der Waals surface area contributed by atoms with E-state index in [4.69, 9.17) is 11.6 Å². The minimum absolute atomic E-state index is 0.125. The van der Waals surface area contributed by atoms with E-state index in [0.717, 1.165) is 0 Å². The molecule has 2 aromatic heterocycles. The highest BCUT2D eigenvalue weighted by Gasteiger charge is 2.19. The Kier molecular flexibility index (Phi) is 6.51. The van der Waals surface area contributed by atoms with Gasteiger partial charge < -0.3 is 4.90 Å². The lowest BCUT2D eigenvalue weighted by Crippen LogP contribution is -2.33. The van der Waals surface area contributed by atoms with Crippen LogP contribution in [0.3, 0.4) is 0 Å². The van der Waals surface area contributed by atoms with Crippen molar-refractivity contribution in [2.75, 3.05) is 13.1 Å². The number of aromatic nitrogens is 5. The van der Waals surface area contributed by atoms with Crippen LogP contribution >= 0.6 is 11.6 Å². The molecule has 4 rings (SSSR count). The van der Waals surface area contributed by atoms with Crippen molar-refractivity contribution >= 4 is 17.5 Å². The van der Waals surface area contributed by atoms with Crippen LogP contribution in [-0.2, 0) is 6.42 Å². The first kappa shape index (κ1) is 21.6. The highest BCUT2D eigenvalue weighted by molar-refractivity contribution is 6.30. The molecule has 0 aliphatic heterocycles. The number of rotatable bonds is 7. The zero-order valence-electron chi connectivity index (χ0n) is 17.3. The van der Waals surface area contributed by atoms with Gasteiger partial charge in [0.1, 0.15) is 11.6 Å². The number of para-hydroxylation sites is 1. The van der Waals surface area contributed by atoms with Gasteiger partial charge in [-0.2, -0.15) is 15.0 Å². The van der Waals surface area contributed by atoms with Crippen molar-refractivity contribution in [3.8, 4) is 16.8 Å². The number of carbonyl (C=O) groups excluding carboxylic acids is 1. The number of nitrogens with zero attached hydrogens (tertiary/aromatic N) is 6. The molecule has 0 fully saturated rings. The van der Waals surface area contributed by atoms with E-state index >= 15 is 0 Å². The zero-order valence-corrected chi connectivity index (χ0v) is 18.1. The van der Waals surface area contributed by atoms with Gasteiger partial charge in [0.2, 0.25) is 0 Å². The number of carbonyl (C=O) groups is 1. The molecule has 2 heterocycles. The van der Waals surface area contributed by atoms with Crippen LogP contribution in [0.1, 0.15) is 23.1 Å². The standard InChI is InChI=1S/C23H20ClFN6O/c1-2-30(23(32)19-5-3-4-6-21(19)31-28-10-11-29-31)12-9-22-26-14-16(15-27-22)18-8-7-17(24)13-20(18)25/h3-8,10-11,13-15H,2,9,12H2,1H3. The molecule has 0 bridgehead atoms. The molecule has 4 aromatic rings. The average Bonchev–Trinajstić information content (AvgIpc) is 3.35. The largest absolute Gasteiger partial charge is 0.338 e. The number of benzene rings is 2. The Morgan fingerprint density at radius 1 is 1.09 bits per heavy atom. The van der Waals surface area contributed by atoms with Crippen molar-refractivity contribution in [1.29, 1.82) is 0 Å². The van der Waals surface area contributed by atoms with Gasteiger partial charge in [-0.05, 0) is 37.3 Å². The lowest BCUT2D eigenvalue weighted by atomic mass is 10.1.